The van der Waals surface area contributed by atoms with Crippen LogP contribution in [0.5, 0.6) is 0 Å². The maximum Gasteiger partial charge on any atom is 0.170 e. The normalized spacial score (nSPS) is 16.1. The van der Waals surface area contributed by atoms with Crippen LogP contribution in [0.3, 0.4) is 0 Å². The summed E-state index contributed by atoms with van der Waals surface area (Å²) in [5.74, 6) is 6.25. The number of ketones is 1. The smallest absolute Gasteiger partial charge is 0.170 e. The number of carbonyl (C=O) groups excluding carboxylic acids is 1. The molecule has 70 valence electrons. The van der Waals surface area contributed by atoms with Gasteiger partial charge in [-0.25, -0.2) is 0 Å². The second-order valence-corrected chi connectivity index (χ2v) is 3.34. The molecule has 0 N–H and O–H groups in total. The van der Waals surface area contributed by atoms with E-state index in [1.54, 1.807) is 0 Å². The summed E-state index contributed by atoms with van der Waals surface area (Å²) < 4.78 is 0. The van der Waals surface area contributed by atoms with Gasteiger partial charge in [0.15, 0.2) is 5.78 Å². The Hall–Kier alpha value is -1.03. The van der Waals surface area contributed by atoms with Gasteiger partial charge >= 0.3 is 0 Å². The second-order valence-electron chi connectivity index (χ2n) is 3.34. The summed E-state index contributed by atoms with van der Waals surface area (Å²) in [6, 6.07) is 0. The fraction of sp³-hybridized carbons (Fsp3) is 0.583. The molecule has 1 aliphatic rings. The predicted molar refractivity (Wildman–Crippen MR) is 54.2 cm³/mol. The summed E-state index contributed by atoms with van der Waals surface area (Å²) in [5, 5.41) is 0. The van der Waals surface area contributed by atoms with E-state index in [2.05, 4.69) is 18.8 Å². The van der Waals surface area contributed by atoms with Crippen molar-refractivity contribution < 1.29 is 4.79 Å². The average Bonchev–Trinajstić information content (AvgIpc) is 2.15. The monoisotopic (exact) mass is 176 g/mol. The van der Waals surface area contributed by atoms with E-state index in [-0.39, 0.29) is 5.78 Å². The maximum absolute atomic E-state index is 11.3. The summed E-state index contributed by atoms with van der Waals surface area (Å²) in [6.45, 7) is 2.15. The summed E-state index contributed by atoms with van der Waals surface area (Å²) in [7, 11) is 0. The third-order valence-corrected chi connectivity index (χ3v) is 2.14. The number of allylic oxidation sites excluding steroid dienone is 2. The van der Waals surface area contributed by atoms with Gasteiger partial charge in [-0.1, -0.05) is 31.3 Å². The van der Waals surface area contributed by atoms with Crippen molar-refractivity contribution >= 4 is 5.78 Å². The van der Waals surface area contributed by atoms with E-state index in [1.807, 2.05) is 6.08 Å². The van der Waals surface area contributed by atoms with Crippen LogP contribution in [0.25, 0.3) is 0 Å². The van der Waals surface area contributed by atoms with Crippen LogP contribution in [0, 0.1) is 11.8 Å². The molecule has 0 saturated carbocycles. The highest BCUT2D eigenvalue weighted by molar-refractivity contribution is 6.00. The van der Waals surface area contributed by atoms with Gasteiger partial charge in [0.05, 0.1) is 5.57 Å². The largest absolute Gasteiger partial charge is 0.293 e. The Kier molecular flexibility index (Phi) is 4.32. The van der Waals surface area contributed by atoms with Gasteiger partial charge in [0, 0.05) is 12.8 Å². The molecule has 0 aromatic carbocycles. The van der Waals surface area contributed by atoms with Crippen molar-refractivity contribution in [2.75, 3.05) is 0 Å². The number of hydrogen-bond acceptors (Lipinski definition) is 1. The molecular formula is C12H16O. The van der Waals surface area contributed by atoms with Crippen molar-refractivity contribution in [3.05, 3.63) is 11.6 Å². The number of rotatable bonds is 2. The van der Waals surface area contributed by atoms with Crippen molar-refractivity contribution in [1.82, 2.24) is 0 Å². The van der Waals surface area contributed by atoms with Gasteiger partial charge < -0.3 is 0 Å². The van der Waals surface area contributed by atoms with Crippen molar-refractivity contribution in [2.24, 2.45) is 0 Å². The molecule has 0 amide bonds. The first-order chi connectivity index (χ1) is 6.34. The Morgan fingerprint density at radius 3 is 3.08 bits per heavy atom. The Morgan fingerprint density at radius 1 is 1.54 bits per heavy atom. The van der Waals surface area contributed by atoms with Gasteiger partial charge in [-0.15, -0.1) is 0 Å². The van der Waals surface area contributed by atoms with Gasteiger partial charge in [-0.2, -0.15) is 0 Å². The van der Waals surface area contributed by atoms with Crippen LogP contribution in [-0.4, -0.2) is 5.78 Å². The third-order valence-electron chi connectivity index (χ3n) is 2.14. The van der Waals surface area contributed by atoms with Gasteiger partial charge in [0.2, 0.25) is 0 Å². The summed E-state index contributed by atoms with van der Waals surface area (Å²) in [5.41, 5.74) is 0.752. The van der Waals surface area contributed by atoms with E-state index in [0.717, 1.165) is 31.3 Å². The van der Waals surface area contributed by atoms with Crippen LogP contribution in [0.1, 0.15) is 45.4 Å². The molecule has 1 nitrogen and oxygen atoms in total. The molecule has 0 aliphatic heterocycles. The molecular weight excluding hydrogens is 160 g/mol. The van der Waals surface area contributed by atoms with Crippen molar-refractivity contribution in [3.8, 4) is 11.8 Å². The number of unbranched alkanes of at least 4 members (excludes halogenated alkanes) is 2. The van der Waals surface area contributed by atoms with Crippen molar-refractivity contribution in [1.29, 1.82) is 0 Å². The summed E-state index contributed by atoms with van der Waals surface area (Å²) in [6.07, 6.45) is 7.90. The fourth-order valence-electron chi connectivity index (χ4n) is 1.30. The Bertz CT molecular complexity index is 263. The molecule has 1 heteroatoms. The first-order valence-electron chi connectivity index (χ1n) is 5.07. The number of carbonyl (C=O) groups is 1. The van der Waals surface area contributed by atoms with E-state index in [1.165, 1.54) is 6.42 Å². The van der Waals surface area contributed by atoms with Crippen LogP contribution in [0.2, 0.25) is 0 Å². The van der Waals surface area contributed by atoms with Crippen LogP contribution in [-0.2, 0) is 4.79 Å². The molecule has 0 atom stereocenters. The summed E-state index contributed by atoms with van der Waals surface area (Å²) in [4.78, 5) is 11.3. The molecule has 0 spiro atoms. The molecule has 0 fully saturated rings. The minimum absolute atomic E-state index is 0.232. The molecule has 0 saturated heterocycles. The average molecular weight is 176 g/mol. The van der Waals surface area contributed by atoms with E-state index >= 15 is 0 Å². The molecule has 0 heterocycles. The Balaban J connectivity index is 2.45. The molecule has 0 bridgehead atoms. The molecule has 13 heavy (non-hydrogen) atoms. The first-order valence-corrected chi connectivity index (χ1v) is 5.07. The lowest BCUT2D eigenvalue weighted by Gasteiger charge is -2.04. The van der Waals surface area contributed by atoms with Crippen LogP contribution in [0.4, 0.5) is 0 Å². The lowest BCUT2D eigenvalue weighted by Crippen LogP contribution is -2.04. The van der Waals surface area contributed by atoms with Crippen molar-refractivity contribution in [3.63, 3.8) is 0 Å². The molecule has 0 unspecified atom stereocenters. The van der Waals surface area contributed by atoms with Gasteiger partial charge in [-0.3, -0.25) is 4.79 Å². The molecule has 0 aromatic heterocycles. The lowest BCUT2D eigenvalue weighted by atomic mass is 9.98. The topological polar surface area (TPSA) is 17.1 Å². The van der Waals surface area contributed by atoms with Gasteiger partial charge in [-0.05, 0) is 19.3 Å². The third kappa shape index (κ3) is 3.46. The SMILES string of the molecule is CCCCC#CC1=CCCCC1=O. The standard InChI is InChI=1S/C12H16O/c1-2-3-4-5-8-11-9-6-7-10-12(11)13/h9H,2-4,6-7,10H2,1H3. The first kappa shape index (κ1) is 10.1. The highest BCUT2D eigenvalue weighted by atomic mass is 16.1. The minimum atomic E-state index is 0.232. The quantitative estimate of drug-likeness (QED) is 0.467. The Morgan fingerprint density at radius 2 is 2.38 bits per heavy atom. The van der Waals surface area contributed by atoms with Gasteiger partial charge in [0.1, 0.15) is 0 Å². The maximum atomic E-state index is 11.3. The predicted octanol–water partition coefficient (Wildman–Crippen LogP) is 2.86. The molecule has 1 aliphatic carbocycles. The Labute approximate surface area is 80.2 Å². The molecule has 0 radical (unpaired) electrons. The minimum Gasteiger partial charge on any atom is -0.293 e. The zero-order valence-electron chi connectivity index (χ0n) is 8.23. The van der Waals surface area contributed by atoms with Crippen LogP contribution in [0.15, 0.2) is 11.6 Å². The van der Waals surface area contributed by atoms with E-state index < -0.39 is 0 Å². The van der Waals surface area contributed by atoms with Crippen molar-refractivity contribution in [2.45, 2.75) is 45.4 Å². The van der Waals surface area contributed by atoms with E-state index in [0.29, 0.717) is 6.42 Å². The highest BCUT2D eigenvalue weighted by Gasteiger charge is 2.10. The zero-order chi connectivity index (χ0) is 9.52. The van der Waals surface area contributed by atoms with E-state index in [9.17, 15) is 4.79 Å². The van der Waals surface area contributed by atoms with Crippen LogP contribution >= 0.6 is 0 Å². The fourth-order valence-corrected chi connectivity index (χ4v) is 1.30. The number of Topliss-reactive ketones (excluding diaryl/α,β-unsaturated/α-hetero) is 1. The highest BCUT2D eigenvalue weighted by Crippen LogP contribution is 2.12. The lowest BCUT2D eigenvalue weighted by molar-refractivity contribution is -0.115. The molecule has 0 aromatic rings. The zero-order valence-corrected chi connectivity index (χ0v) is 8.23. The van der Waals surface area contributed by atoms with Gasteiger partial charge in [0.25, 0.3) is 0 Å². The molecule has 1 rings (SSSR count). The second kappa shape index (κ2) is 5.59. The van der Waals surface area contributed by atoms with Crippen LogP contribution < -0.4 is 0 Å². The summed E-state index contributed by atoms with van der Waals surface area (Å²) >= 11 is 0. The van der Waals surface area contributed by atoms with E-state index in [4.69, 9.17) is 0 Å². The number of hydrogen-bond donors (Lipinski definition) is 0.